The van der Waals surface area contributed by atoms with E-state index in [9.17, 15) is 22.4 Å². The molecule has 1 saturated heterocycles. The maximum Gasteiger partial charge on any atom is 0.309 e. The van der Waals surface area contributed by atoms with E-state index in [4.69, 9.17) is 4.74 Å². The van der Waals surface area contributed by atoms with E-state index >= 15 is 0 Å². The van der Waals surface area contributed by atoms with Crippen molar-refractivity contribution >= 4 is 21.8 Å². The van der Waals surface area contributed by atoms with Gasteiger partial charge in [0.15, 0.2) is 0 Å². The zero-order valence-electron chi connectivity index (χ0n) is 16.1. The van der Waals surface area contributed by atoms with Crippen molar-refractivity contribution in [1.29, 1.82) is 0 Å². The zero-order valence-corrected chi connectivity index (χ0v) is 16.9. The zero-order chi connectivity index (χ0) is 21.6. The Hall–Kier alpha value is -2.82. The number of hydrogen-bond donors (Lipinski definition) is 2. The van der Waals surface area contributed by atoms with Crippen LogP contribution in [-0.4, -0.2) is 50.5 Å². The predicted octanol–water partition coefficient (Wildman–Crippen LogP) is 0.995. The second-order valence-electron chi connectivity index (χ2n) is 6.59. The minimum Gasteiger partial charge on any atom is -0.360 e. The van der Waals surface area contributed by atoms with Gasteiger partial charge in [0.05, 0.1) is 18.0 Å². The van der Waals surface area contributed by atoms with Crippen LogP contribution in [0.3, 0.4) is 0 Å². The number of ether oxygens (including phenoxy) is 1. The molecule has 0 aliphatic carbocycles. The second kappa shape index (κ2) is 9.79. The van der Waals surface area contributed by atoms with E-state index in [-0.39, 0.29) is 30.1 Å². The van der Waals surface area contributed by atoms with Crippen LogP contribution in [0.2, 0.25) is 0 Å². The van der Waals surface area contributed by atoms with Crippen LogP contribution in [-0.2, 0) is 30.9 Å². The van der Waals surface area contributed by atoms with Gasteiger partial charge in [0.1, 0.15) is 12.0 Å². The van der Waals surface area contributed by atoms with Gasteiger partial charge >= 0.3 is 11.8 Å². The molecule has 0 saturated carbocycles. The fraction of sp³-hybridized carbons (Fsp3) is 0.300. The molecule has 0 bridgehead atoms. The first-order valence-corrected chi connectivity index (χ1v) is 10.8. The summed E-state index contributed by atoms with van der Waals surface area (Å²) in [6, 6.07) is 13.8. The van der Waals surface area contributed by atoms with Crippen molar-refractivity contribution in [3.63, 3.8) is 0 Å². The smallest absolute Gasteiger partial charge is 0.309 e. The summed E-state index contributed by atoms with van der Waals surface area (Å²) in [7, 11) is -3.82. The van der Waals surface area contributed by atoms with Crippen molar-refractivity contribution in [2.24, 2.45) is 0 Å². The maximum atomic E-state index is 13.6. The van der Waals surface area contributed by atoms with Crippen LogP contribution in [0.15, 0.2) is 59.5 Å². The molecule has 1 atom stereocenters. The predicted molar refractivity (Wildman–Crippen MR) is 106 cm³/mol. The van der Waals surface area contributed by atoms with Crippen LogP contribution >= 0.6 is 0 Å². The van der Waals surface area contributed by atoms with Gasteiger partial charge in [0, 0.05) is 18.7 Å². The molecule has 1 aliphatic heterocycles. The number of sulfonamides is 1. The summed E-state index contributed by atoms with van der Waals surface area (Å²) in [5.41, 5.74) is 0.245. The molecule has 0 aromatic heterocycles. The minimum absolute atomic E-state index is 0.120. The largest absolute Gasteiger partial charge is 0.360 e. The van der Waals surface area contributed by atoms with E-state index in [0.717, 1.165) is 0 Å². The molecule has 2 amide bonds. The molecule has 0 spiro atoms. The van der Waals surface area contributed by atoms with Crippen molar-refractivity contribution in [2.45, 2.75) is 24.1 Å². The van der Waals surface area contributed by atoms with Crippen molar-refractivity contribution in [2.75, 3.05) is 19.7 Å². The third-order valence-corrected chi connectivity index (χ3v) is 6.45. The summed E-state index contributed by atoms with van der Waals surface area (Å²) >= 11 is 0. The summed E-state index contributed by atoms with van der Waals surface area (Å²) in [4.78, 5) is 24.2. The minimum atomic E-state index is -3.82. The van der Waals surface area contributed by atoms with E-state index in [1.165, 1.54) is 34.6 Å². The third kappa shape index (κ3) is 5.21. The number of nitrogens with one attached hydrogen (secondary N) is 2. The molecule has 8 nitrogen and oxygen atoms in total. The number of nitrogens with zero attached hydrogens (tertiary/aromatic N) is 1. The second-order valence-corrected chi connectivity index (χ2v) is 8.48. The number of carbonyl (C=O) groups excluding carboxylic acids is 2. The van der Waals surface area contributed by atoms with Crippen molar-refractivity contribution in [3.05, 3.63) is 66.0 Å². The van der Waals surface area contributed by atoms with E-state index in [1.807, 2.05) is 0 Å². The van der Waals surface area contributed by atoms with Crippen molar-refractivity contribution < 1.29 is 27.1 Å². The SMILES string of the molecule is O=C(NCc1ccccc1F)C(=O)NCC1OCCCN1S(=O)(=O)c1ccccc1. The summed E-state index contributed by atoms with van der Waals surface area (Å²) in [6.07, 6.45) is -0.424. The van der Waals surface area contributed by atoms with Gasteiger partial charge < -0.3 is 15.4 Å². The van der Waals surface area contributed by atoms with Gasteiger partial charge in [-0.25, -0.2) is 12.8 Å². The normalized spacial score (nSPS) is 17.3. The summed E-state index contributed by atoms with van der Waals surface area (Å²) in [5.74, 6) is -2.40. The van der Waals surface area contributed by atoms with Crippen molar-refractivity contribution in [1.82, 2.24) is 14.9 Å². The number of rotatable bonds is 6. The average Bonchev–Trinajstić information content (AvgIpc) is 2.77. The quantitative estimate of drug-likeness (QED) is 0.659. The molecule has 10 heteroatoms. The van der Waals surface area contributed by atoms with Gasteiger partial charge in [-0.1, -0.05) is 36.4 Å². The monoisotopic (exact) mass is 435 g/mol. The Bertz CT molecular complexity index is 1000. The number of hydrogen-bond acceptors (Lipinski definition) is 5. The molecule has 1 aliphatic rings. The molecule has 2 N–H and O–H groups in total. The molecule has 30 heavy (non-hydrogen) atoms. The van der Waals surface area contributed by atoms with Crippen LogP contribution in [0.5, 0.6) is 0 Å². The molecular formula is C20H22FN3O5S. The Morgan fingerprint density at radius 1 is 1.03 bits per heavy atom. The maximum absolute atomic E-state index is 13.6. The molecule has 1 unspecified atom stereocenters. The van der Waals surface area contributed by atoms with Gasteiger partial charge in [-0.05, 0) is 24.6 Å². The summed E-state index contributed by atoms with van der Waals surface area (Å²) in [5, 5.41) is 4.71. The summed E-state index contributed by atoms with van der Waals surface area (Å²) in [6.45, 7) is 0.226. The van der Waals surface area contributed by atoms with Crippen molar-refractivity contribution in [3.8, 4) is 0 Å². The molecular weight excluding hydrogens is 413 g/mol. The van der Waals surface area contributed by atoms with Gasteiger partial charge in [-0.2, -0.15) is 4.31 Å². The first-order valence-electron chi connectivity index (χ1n) is 9.37. The highest BCUT2D eigenvalue weighted by atomic mass is 32.2. The van der Waals surface area contributed by atoms with Crippen LogP contribution in [0.1, 0.15) is 12.0 Å². The Balaban J connectivity index is 1.58. The van der Waals surface area contributed by atoms with Gasteiger partial charge in [-0.3, -0.25) is 9.59 Å². The molecule has 2 aromatic carbocycles. The third-order valence-electron chi connectivity index (χ3n) is 4.54. The molecule has 0 radical (unpaired) electrons. The van der Waals surface area contributed by atoms with Gasteiger partial charge in [0.25, 0.3) is 0 Å². The number of carbonyl (C=O) groups is 2. The topological polar surface area (TPSA) is 105 Å². The fourth-order valence-electron chi connectivity index (χ4n) is 2.99. The lowest BCUT2D eigenvalue weighted by Gasteiger charge is -2.34. The molecule has 1 fully saturated rings. The molecule has 2 aromatic rings. The summed E-state index contributed by atoms with van der Waals surface area (Å²) < 4.78 is 46.1. The van der Waals surface area contributed by atoms with Gasteiger partial charge in [0.2, 0.25) is 10.0 Å². The Morgan fingerprint density at radius 3 is 2.43 bits per heavy atom. The first kappa shape index (κ1) is 21.9. The van der Waals surface area contributed by atoms with Crippen LogP contribution in [0, 0.1) is 5.82 Å². The van der Waals surface area contributed by atoms with E-state index in [2.05, 4.69) is 10.6 Å². The van der Waals surface area contributed by atoms with Gasteiger partial charge in [-0.15, -0.1) is 0 Å². The van der Waals surface area contributed by atoms with E-state index in [0.29, 0.717) is 13.0 Å². The van der Waals surface area contributed by atoms with E-state index in [1.54, 1.807) is 24.3 Å². The van der Waals surface area contributed by atoms with Crippen LogP contribution in [0.25, 0.3) is 0 Å². The lowest BCUT2D eigenvalue weighted by atomic mass is 10.2. The van der Waals surface area contributed by atoms with Crippen LogP contribution < -0.4 is 10.6 Å². The molecule has 1 heterocycles. The molecule has 3 rings (SSSR count). The first-order chi connectivity index (χ1) is 14.4. The Labute approximate surface area is 174 Å². The Morgan fingerprint density at radius 2 is 1.70 bits per heavy atom. The number of benzene rings is 2. The lowest BCUT2D eigenvalue weighted by Crippen LogP contribution is -2.53. The number of amides is 2. The highest BCUT2D eigenvalue weighted by Crippen LogP contribution is 2.21. The standard InChI is InChI=1S/C20H22FN3O5S/c21-17-10-5-4-7-15(17)13-22-19(25)20(26)23-14-18-24(11-6-12-29-18)30(27,28)16-8-2-1-3-9-16/h1-5,7-10,18H,6,11-14H2,(H,22,25)(H,23,26). The lowest BCUT2D eigenvalue weighted by molar-refractivity contribution is -0.140. The highest BCUT2D eigenvalue weighted by molar-refractivity contribution is 7.89. The molecule has 160 valence electrons. The number of halogens is 1. The van der Waals surface area contributed by atoms with E-state index < -0.39 is 33.9 Å². The Kier molecular flexibility index (Phi) is 7.14. The fourth-order valence-corrected chi connectivity index (χ4v) is 4.57. The van der Waals surface area contributed by atoms with Crippen LogP contribution in [0.4, 0.5) is 4.39 Å². The average molecular weight is 435 g/mol. The highest BCUT2D eigenvalue weighted by Gasteiger charge is 2.34.